The topological polar surface area (TPSA) is 59.8 Å². The molecule has 0 atom stereocenters. The molecule has 0 spiro atoms. The second-order valence-electron chi connectivity index (χ2n) is 4.42. The summed E-state index contributed by atoms with van der Waals surface area (Å²) in [4.78, 5) is 19.9. The lowest BCUT2D eigenvalue weighted by molar-refractivity contribution is -0.120. The fourth-order valence-electron chi connectivity index (χ4n) is 1.75. The standard InChI is InChI=1S/C13H18N4OS/c1-11-9-19-13(16-11)8-12(18)15-4-2-3-6-17-7-5-14-10-17/h5,7,9-10H,2-4,6,8H2,1H3,(H,15,18). The van der Waals surface area contributed by atoms with Gasteiger partial charge in [0.1, 0.15) is 5.01 Å². The highest BCUT2D eigenvalue weighted by Gasteiger charge is 2.05. The van der Waals surface area contributed by atoms with Crippen LogP contribution < -0.4 is 5.32 Å². The third kappa shape index (κ3) is 4.82. The van der Waals surface area contributed by atoms with E-state index in [9.17, 15) is 4.79 Å². The van der Waals surface area contributed by atoms with Crippen molar-refractivity contribution in [2.24, 2.45) is 0 Å². The van der Waals surface area contributed by atoms with Crippen molar-refractivity contribution in [3.05, 3.63) is 34.8 Å². The summed E-state index contributed by atoms with van der Waals surface area (Å²) in [5.74, 6) is 0.0528. The van der Waals surface area contributed by atoms with Crippen LogP contribution in [0.1, 0.15) is 23.5 Å². The van der Waals surface area contributed by atoms with Crippen LogP contribution in [0.4, 0.5) is 0 Å². The number of unbranched alkanes of at least 4 members (excludes halogenated alkanes) is 1. The third-order valence-electron chi connectivity index (χ3n) is 2.70. The minimum Gasteiger partial charge on any atom is -0.356 e. The Labute approximate surface area is 116 Å². The number of nitrogens with zero attached hydrogens (tertiary/aromatic N) is 3. The number of imidazole rings is 1. The summed E-state index contributed by atoms with van der Waals surface area (Å²) < 4.78 is 2.04. The number of amides is 1. The van der Waals surface area contributed by atoms with Crippen molar-refractivity contribution in [1.82, 2.24) is 19.9 Å². The molecule has 2 aromatic rings. The first-order valence-electron chi connectivity index (χ1n) is 6.37. The Morgan fingerprint density at radius 3 is 3.05 bits per heavy atom. The Balaban J connectivity index is 1.56. The van der Waals surface area contributed by atoms with Crippen LogP contribution in [0.15, 0.2) is 24.1 Å². The predicted molar refractivity (Wildman–Crippen MR) is 75.0 cm³/mol. The largest absolute Gasteiger partial charge is 0.356 e. The number of carbonyl (C=O) groups excluding carboxylic acids is 1. The summed E-state index contributed by atoms with van der Waals surface area (Å²) in [7, 11) is 0. The van der Waals surface area contributed by atoms with Gasteiger partial charge in [-0.1, -0.05) is 0 Å². The molecule has 0 aliphatic rings. The minimum absolute atomic E-state index is 0.0528. The first-order valence-corrected chi connectivity index (χ1v) is 7.25. The first-order chi connectivity index (χ1) is 9.24. The molecule has 0 saturated heterocycles. The molecule has 102 valence electrons. The fourth-order valence-corrected chi connectivity index (χ4v) is 2.52. The van der Waals surface area contributed by atoms with E-state index in [1.54, 1.807) is 6.20 Å². The summed E-state index contributed by atoms with van der Waals surface area (Å²) in [5, 5.41) is 5.77. The van der Waals surface area contributed by atoms with Gasteiger partial charge in [0, 0.05) is 36.6 Å². The van der Waals surface area contributed by atoms with Gasteiger partial charge in [-0.05, 0) is 19.8 Å². The van der Waals surface area contributed by atoms with Crippen molar-refractivity contribution in [3.8, 4) is 0 Å². The zero-order valence-corrected chi connectivity index (χ0v) is 11.8. The van der Waals surface area contributed by atoms with Crippen LogP contribution in [-0.2, 0) is 17.8 Å². The number of thiazole rings is 1. The number of aromatic nitrogens is 3. The average molecular weight is 278 g/mol. The predicted octanol–water partition coefficient (Wildman–Crippen LogP) is 1.79. The lowest BCUT2D eigenvalue weighted by atomic mass is 10.3. The molecule has 19 heavy (non-hydrogen) atoms. The first kappa shape index (κ1) is 13.7. The number of rotatable bonds is 7. The zero-order chi connectivity index (χ0) is 13.5. The van der Waals surface area contributed by atoms with E-state index >= 15 is 0 Å². The van der Waals surface area contributed by atoms with Gasteiger partial charge in [-0.2, -0.15) is 0 Å². The SMILES string of the molecule is Cc1csc(CC(=O)NCCCCn2ccnc2)n1. The summed E-state index contributed by atoms with van der Waals surface area (Å²) in [6.45, 7) is 3.60. The van der Waals surface area contributed by atoms with E-state index in [1.165, 1.54) is 11.3 Å². The number of aryl methyl sites for hydroxylation is 2. The smallest absolute Gasteiger partial charge is 0.226 e. The molecule has 1 amide bonds. The highest BCUT2D eigenvalue weighted by molar-refractivity contribution is 7.09. The number of hydrogen-bond acceptors (Lipinski definition) is 4. The van der Waals surface area contributed by atoms with Gasteiger partial charge in [0.2, 0.25) is 5.91 Å². The normalized spacial score (nSPS) is 10.6. The Morgan fingerprint density at radius 2 is 2.37 bits per heavy atom. The van der Waals surface area contributed by atoms with E-state index in [4.69, 9.17) is 0 Å². The summed E-state index contributed by atoms with van der Waals surface area (Å²) >= 11 is 1.54. The maximum absolute atomic E-state index is 11.7. The number of hydrogen-bond donors (Lipinski definition) is 1. The maximum atomic E-state index is 11.7. The molecule has 0 bridgehead atoms. The van der Waals surface area contributed by atoms with Gasteiger partial charge in [-0.25, -0.2) is 9.97 Å². The zero-order valence-electron chi connectivity index (χ0n) is 11.0. The van der Waals surface area contributed by atoms with Crippen LogP contribution in [-0.4, -0.2) is 27.0 Å². The van der Waals surface area contributed by atoms with Crippen LogP contribution in [0.5, 0.6) is 0 Å². The monoisotopic (exact) mass is 278 g/mol. The van der Waals surface area contributed by atoms with Crippen molar-refractivity contribution in [2.45, 2.75) is 32.7 Å². The Hall–Kier alpha value is -1.69. The molecule has 6 heteroatoms. The minimum atomic E-state index is 0.0528. The summed E-state index contributed by atoms with van der Waals surface area (Å²) in [6.07, 6.45) is 7.93. The van der Waals surface area contributed by atoms with Crippen LogP contribution in [0.25, 0.3) is 0 Å². The Morgan fingerprint density at radius 1 is 1.47 bits per heavy atom. The molecule has 0 aliphatic heterocycles. The Bertz CT molecular complexity index is 506. The van der Waals surface area contributed by atoms with Gasteiger partial charge in [-0.3, -0.25) is 4.79 Å². The lowest BCUT2D eigenvalue weighted by Gasteiger charge is -2.04. The van der Waals surface area contributed by atoms with E-state index in [0.29, 0.717) is 6.42 Å². The highest BCUT2D eigenvalue weighted by atomic mass is 32.1. The molecule has 0 aromatic carbocycles. The van der Waals surface area contributed by atoms with Crippen molar-refractivity contribution in [2.75, 3.05) is 6.54 Å². The molecule has 0 saturated carbocycles. The maximum Gasteiger partial charge on any atom is 0.226 e. The fraction of sp³-hybridized carbons (Fsp3) is 0.462. The second-order valence-corrected chi connectivity index (χ2v) is 5.36. The van der Waals surface area contributed by atoms with Crippen molar-refractivity contribution < 1.29 is 4.79 Å². The molecule has 1 N–H and O–H groups in total. The van der Waals surface area contributed by atoms with E-state index in [1.807, 2.05) is 29.4 Å². The van der Waals surface area contributed by atoms with Gasteiger partial charge in [0.15, 0.2) is 0 Å². The van der Waals surface area contributed by atoms with E-state index < -0.39 is 0 Å². The molecule has 0 fully saturated rings. The molecule has 2 heterocycles. The molecule has 0 unspecified atom stereocenters. The highest BCUT2D eigenvalue weighted by Crippen LogP contribution is 2.08. The lowest BCUT2D eigenvalue weighted by Crippen LogP contribution is -2.26. The van der Waals surface area contributed by atoms with Crippen molar-refractivity contribution in [3.63, 3.8) is 0 Å². The molecule has 5 nitrogen and oxygen atoms in total. The molecular weight excluding hydrogens is 260 g/mol. The van der Waals surface area contributed by atoms with Gasteiger partial charge < -0.3 is 9.88 Å². The molecular formula is C13H18N4OS. The van der Waals surface area contributed by atoms with E-state index in [-0.39, 0.29) is 5.91 Å². The summed E-state index contributed by atoms with van der Waals surface area (Å²) in [6, 6.07) is 0. The van der Waals surface area contributed by atoms with Gasteiger partial charge in [-0.15, -0.1) is 11.3 Å². The van der Waals surface area contributed by atoms with Crippen LogP contribution >= 0.6 is 11.3 Å². The molecule has 0 aliphatic carbocycles. The second kappa shape index (κ2) is 7.04. The van der Waals surface area contributed by atoms with Crippen LogP contribution in [0.2, 0.25) is 0 Å². The quantitative estimate of drug-likeness (QED) is 0.785. The molecule has 0 radical (unpaired) electrons. The molecule has 2 rings (SSSR count). The van der Waals surface area contributed by atoms with Gasteiger partial charge in [0.05, 0.1) is 12.7 Å². The van der Waals surface area contributed by atoms with E-state index in [0.717, 1.165) is 36.6 Å². The number of carbonyl (C=O) groups is 1. The van der Waals surface area contributed by atoms with Crippen LogP contribution in [0.3, 0.4) is 0 Å². The van der Waals surface area contributed by atoms with Crippen LogP contribution in [0, 0.1) is 6.92 Å². The van der Waals surface area contributed by atoms with E-state index in [2.05, 4.69) is 15.3 Å². The average Bonchev–Trinajstić information content (AvgIpc) is 3.01. The Kier molecular flexibility index (Phi) is 5.09. The molecule has 2 aromatic heterocycles. The van der Waals surface area contributed by atoms with Crippen molar-refractivity contribution in [1.29, 1.82) is 0 Å². The van der Waals surface area contributed by atoms with Gasteiger partial charge in [0.25, 0.3) is 0 Å². The van der Waals surface area contributed by atoms with Gasteiger partial charge >= 0.3 is 0 Å². The van der Waals surface area contributed by atoms with Crippen molar-refractivity contribution >= 4 is 17.2 Å². The third-order valence-corrected chi connectivity index (χ3v) is 3.67. The summed E-state index contributed by atoms with van der Waals surface area (Å²) in [5.41, 5.74) is 0.980. The number of nitrogens with one attached hydrogen (secondary N) is 1.